The van der Waals surface area contributed by atoms with Crippen LogP contribution in [0.15, 0.2) is 18.2 Å². The van der Waals surface area contributed by atoms with Gasteiger partial charge in [0, 0.05) is 18.0 Å². The first-order valence-corrected chi connectivity index (χ1v) is 8.46. The Morgan fingerprint density at radius 2 is 2.13 bits per heavy atom. The molecule has 2 fully saturated rings. The van der Waals surface area contributed by atoms with Crippen LogP contribution in [0.2, 0.25) is 0 Å². The summed E-state index contributed by atoms with van der Waals surface area (Å²) < 4.78 is 5.68. The Balaban J connectivity index is 1.42. The molecule has 2 aliphatic carbocycles. The number of fused-ring (bicyclic) bond motifs is 3. The van der Waals surface area contributed by atoms with Crippen molar-refractivity contribution in [1.29, 1.82) is 0 Å². The molecule has 4 rings (SSSR count). The molecule has 3 N–H and O–H groups in total. The van der Waals surface area contributed by atoms with Crippen molar-refractivity contribution in [3.63, 3.8) is 0 Å². The van der Waals surface area contributed by atoms with Crippen LogP contribution in [-0.2, 0) is 0 Å². The summed E-state index contributed by atoms with van der Waals surface area (Å²) in [6.45, 7) is 3.26. The van der Waals surface area contributed by atoms with Gasteiger partial charge in [0.2, 0.25) is 0 Å². The number of rotatable bonds is 3. The van der Waals surface area contributed by atoms with E-state index in [2.05, 4.69) is 12.2 Å². The fraction of sp³-hybridized carbons (Fsp3) is 0.611. The Morgan fingerprint density at radius 1 is 1.30 bits per heavy atom. The number of nitrogens with one attached hydrogen (secondary N) is 1. The van der Waals surface area contributed by atoms with E-state index in [9.17, 15) is 15.0 Å². The smallest absolute Gasteiger partial charge is 0.255 e. The summed E-state index contributed by atoms with van der Waals surface area (Å²) in [5.41, 5.74) is 1.69. The van der Waals surface area contributed by atoms with E-state index in [0.717, 1.165) is 18.4 Å². The van der Waals surface area contributed by atoms with E-state index in [0.29, 0.717) is 30.4 Å². The zero-order chi connectivity index (χ0) is 16.1. The Kier molecular flexibility index (Phi) is 3.58. The van der Waals surface area contributed by atoms with Crippen LogP contribution < -0.4 is 10.1 Å². The van der Waals surface area contributed by atoms with Crippen molar-refractivity contribution in [3.8, 4) is 5.75 Å². The molecule has 2 bridgehead atoms. The summed E-state index contributed by atoms with van der Waals surface area (Å²) in [6, 6.07) is 5.71. The molecule has 1 amide bonds. The summed E-state index contributed by atoms with van der Waals surface area (Å²) in [6.07, 6.45) is 0.522. The van der Waals surface area contributed by atoms with E-state index >= 15 is 0 Å². The molecule has 1 aliphatic heterocycles. The van der Waals surface area contributed by atoms with Gasteiger partial charge in [0.15, 0.2) is 0 Å². The van der Waals surface area contributed by atoms with Crippen molar-refractivity contribution in [2.24, 2.45) is 17.8 Å². The maximum atomic E-state index is 12.5. The van der Waals surface area contributed by atoms with Crippen LogP contribution in [-0.4, -0.2) is 41.5 Å². The Labute approximate surface area is 135 Å². The molecule has 0 spiro atoms. The predicted molar refractivity (Wildman–Crippen MR) is 84.4 cm³/mol. The predicted octanol–water partition coefficient (Wildman–Crippen LogP) is 1.29. The van der Waals surface area contributed by atoms with Gasteiger partial charge in [-0.05, 0) is 36.7 Å². The third-order valence-corrected chi connectivity index (χ3v) is 5.88. The zero-order valence-corrected chi connectivity index (χ0v) is 13.2. The fourth-order valence-corrected chi connectivity index (χ4v) is 4.57. The highest BCUT2D eigenvalue weighted by atomic mass is 16.5. The van der Waals surface area contributed by atoms with Crippen molar-refractivity contribution in [3.05, 3.63) is 29.3 Å². The number of carbonyl (C=O) groups excluding carboxylic acids is 1. The standard InChI is InChI=1S/C18H23NO4/c1-9-8-23-17-12(9)3-2-4-13(17)18(22)19-7-11-5-10-6-14(11)16(21)15(10)20/h2-4,9-11,14-16,20-21H,5-8H2,1H3,(H,19,22)/t9?,10-,11-,14-,15+,16-/m0/s1. The number of benzene rings is 1. The number of aliphatic hydroxyl groups excluding tert-OH is 2. The lowest BCUT2D eigenvalue weighted by molar-refractivity contribution is -0.0332. The van der Waals surface area contributed by atoms with Crippen LogP contribution in [0.25, 0.3) is 0 Å². The molecule has 0 aromatic heterocycles. The largest absolute Gasteiger partial charge is 0.492 e. The molecule has 5 heteroatoms. The highest BCUT2D eigenvalue weighted by Crippen LogP contribution is 2.48. The number of ether oxygens (including phenoxy) is 1. The average Bonchev–Trinajstić information content (AvgIpc) is 3.21. The lowest BCUT2D eigenvalue weighted by Crippen LogP contribution is -2.41. The molecule has 1 heterocycles. The van der Waals surface area contributed by atoms with Crippen LogP contribution in [0.1, 0.15) is 41.6 Å². The highest BCUT2D eigenvalue weighted by molar-refractivity contribution is 5.97. The second-order valence-corrected chi connectivity index (χ2v) is 7.28. The molecule has 124 valence electrons. The average molecular weight is 317 g/mol. The molecule has 6 atom stereocenters. The van der Waals surface area contributed by atoms with Gasteiger partial charge >= 0.3 is 0 Å². The van der Waals surface area contributed by atoms with Gasteiger partial charge in [-0.3, -0.25) is 4.79 Å². The van der Waals surface area contributed by atoms with E-state index in [-0.39, 0.29) is 23.7 Å². The fourth-order valence-electron chi connectivity index (χ4n) is 4.57. The van der Waals surface area contributed by atoms with Crippen molar-refractivity contribution in [2.45, 2.75) is 37.9 Å². The number of amides is 1. The lowest BCUT2D eigenvalue weighted by atomic mass is 9.85. The topological polar surface area (TPSA) is 78.8 Å². The van der Waals surface area contributed by atoms with E-state index in [1.807, 2.05) is 12.1 Å². The number of hydrogen-bond donors (Lipinski definition) is 3. The summed E-state index contributed by atoms with van der Waals surface area (Å²) >= 11 is 0. The monoisotopic (exact) mass is 317 g/mol. The van der Waals surface area contributed by atoms with Crippen molar-refractivity contribution in [1.82, 2.24) is 5.32 Å². The molecule has 0 saturated heterocycles. The van der Waals surface area contributed by atoms with Crippen LogP contribution in [0.3, 0.4) is 0 Å². The Morgan fingerprint density at radius 3 is 2.87 bits per heavy atom. The summed E-state index contributed by atoms with van der Waals surface area (Å²) in [4.78, 5) is 12.5. The molecule has 23 heavy (non-hydrogen) atoms. The van der Waals surface area contributed by atoms with Crippen molar-refractivity contribution >= 4 is 5.91 Å². The maximum Gasteiger partial charge on any atom is 0.255 e. The molecule has 3 aliphatic rings. The summed E-state index contributed by atoms with van der Waals surface area (Å²) in [5, 5.41) is 22.8. The van der Waals surface area contributed by atoms with Gasteiger partial charge in [0.05, 0.1) is 24.4 Å². The van der Waals surface area contributed by atoms with E-state index < -0.39 is 12.2 Å². The lowest BCUT2D eigenvalue weighted by Gasteiger charge is -2.29. The molecule has 0 radical (unpaired) electrons. The number of hydrogen-bond acceptors (Lipinski definition) is 4. The van der Waals surface area contributed by atoms with E-state index in [1.54, 1.807) is 6.07 Å². The van der Waals surface area contributed by atoms with Crippen LogP contribution in [0.4, 0.5) is 0 Å². The molecule has 1 unspecified atom stereocenters. The quantitative estimate of drug-likeness (QED) is 0.785. The van der Waals surface area contributed by atoms with Crippen LogP contribution in [0, 0.1) is 17.8 Å². The molecular formula is C18H23NO4. The normalized spacial score (nSPS) is 37.5. The Bertz CT molecular complexity index is 629. The van der Waals surface area contributed by atoms with Gasteiger partial charge in [-0.15, -0.1) is 0 Å². The van der Waals surface area contributed by atoms with Crippen LogP contribution >= 0.6 is 0 Å². The van der Waals surface area contributed by atoms with Gasteiger partial charge in [-0.1, -0.05) is 19.1 Å². The maximum absolute atomic E-state index is 12.5. The van der Waals surface area contributed by atoms with Gasteiger partial charge in [0.25, 0.3) is 5.91 Å². The van der Waals surface area contributed by atoms with Crippen LogP contribution in [0.5, 0.6) is 5.75 Å². The van der Waals surface area contributed by atoms with E-state index in [1.165, 1.54) is 0 Å². The first-order valence-electron chi connectivity index (χ1n) is 8.46. The molecule has 2 saturated carbocycles. The van der Waals surface area contributed by atoms with Crippen molar-refractivity contribution in [2.75, 3.05) is 13.2 Å². The second-order valence-electron chi connectivity index (χ2n) is 7.28. The minimum Gasteiger partial charge on any atom is -0.492 e. The van der Waals surface area contributed by atoms with Gasteiger partial charge < -0.3 is 20.3 Å². The van der Waals surface area contributed by atoms with Gasteiger partial charge in [0.1, 0.15) is 5.75 Å². The number of para-hydroxylation sites is 1. The molecule has 1 aromatic carbocycles. The molecule has 5 nitrogen and oxygen atoms in total. The summed E-state index contributed by atoms with van der Waals surface area (Å²) in [7, 11) is 0. The van der Waals surface area contributed by atoms with Gasteiger partial charge in [-0.25, -0.2) is 0 Å². The minimum atomic E-state index is -0.638. The summed E-state index contributed by atoms with van der Waals surface area (Å²) in [5.74, 6) is 1.45. The third kappa shape index (κ3) is 2.34. The SMILES string of the molecule is CC1COc2c(C(=O)NC[C@@H]3C[C@H]4C[C@@H]3[C@H](O)[C@@H]4O)cccc21. The first kappa shape index (κ1) is 15.0. The minimum absolute atomic E-state index is 0.105. The first-order chi connectivity index (χ1) is 11.1. The second kappa shape index (κ2) is 5.49. The number of carbonyl (C=O) groups is 1. The molecular weight excluding hydrogens is 294 g/mol. The third-order valence-electron chi connectivity index (χ3n) is 5.88. The zero-order valence-electron chi connectivity index (χ0n) is 13.2. The van der Waals surface area contributed by atoms with E-state index in [4.69, 9.17) is 4.74 Å². The number of aliphatic hydroxyl groups is 2. The highest BCUT2D eigenvalue weighted by Gasteiger charge is 2.51. The van der Waals surface area contributed by atoms with Gasteiger partial charge in [-0.2, -0.15) is 0 Å². The Hall–Kier alpha value is -1.59. The molecule has 1 aromatic rings. The van der Waals surface area contributed by atoms with Crippen molar-refractivity contribution < 1.29 is 19.7 Å².